The van der Waals surface area contributed by atoms with E-state index in [1.165, 1.54) is 27.3 Å². The van der Waals surface area contributed by atoms with E-state index in [0.717, 1.165) is 31.7 Å². The molecule has 1 N–H and O–H groups in total. The summed E-state index contributed by atoms with van der Waals surface area (Å²) >= 11 is 1.34. The van der Waals surface area contributed by atoms with E-state index in [9.17, 15) is 4.79 Å². The first-order chi connectivity index (χ1) is 8.72. The van der Waals surface area contributed by atoms with Crippen LogP contribution in [0.25, 0.3) is 0 Å². The average Bonchev–Trinajstić information content (AvgIpc) is 2.68. The summed E-state index contributed by atoms with van der Waals surface area (Å²) in [5.41, 5.74) is 3.90. The third-order valence-electron chi connectivity index (χ3n) is 3.50. The average molecular weight is 260 g/mol. The molecule has 0 bridgehead atoms. The van der Waals surface area contributed by atoms with E-state index < -0.39 is 0 Å². The first kappa shape index (κ1) is 11.7. The van der Waals surface area contributed by atoms with Crippen molar-refractivity contribution >= 4 is 11.3 Å². The highest BCUT2D eigenvalue weighted by Crippen LogP contribution is 2.21. The van der Waals surface area contributed by atoms with Crippen molar-refractivity contribution in [2.75, 3.05) is 6.54 Å². The second kappa shape index (κ2) is 4.71. The lowest BCUT2D eigenvalue weighted by molar-refractivity contribution is 0.247. The van der Waals surface area contributed by atoms with Crippen molar-refractivity contribution in [3.8, 4) is 0 Å². The van der Waals surface area contributed by atoms with Crippen LogP contribution in [0.15, 0.2) is 29.1 Å². The quantitative estimate of drug-likeness (QED) is 0.899. The molecule has 1 aromatic carbocycles. The highest BCUT2D eigenvalue weighted by atomic mass is 32.1. The van der Waals surface area contributed by atoms with Crippen molar-refractivity contribution in [3.05, 3.63) is 55.6 Å². The fraction of sp³-hybridized carbons (Fsp3) is 0.357. The van der Waals surface area contributed by atoms with Gasteiger partial charge in [-0.05, 0) is 24.5 Å². The second-order valence-electron chi connectivity index (χ2n) is 4.79. The Balaban J connectivity index is 1.77. The lowest BCUT2D eigenvalue weighted by atomic mass is 10.00. The number of benzene rings is 1. The molecule has 3 nitrogen and oxygen atoms in total. The van der Waals surface area contributed by atoms with Crippen LogP contribution in [0.5, 0.6) is 0 Å². The minimum absolute atomic E-state index is 0.0555. The van der Waals surface area contributed by atoms with Gasteiger partial charge in [0.2, 0.25) is 0 Å². The van der Waals surface area contributed by atoms with Crippen molar-refractivity contribution in [2.24, 2.45) is 0 Å². The number of thiazole rings is 1. The first-order valence-electron chi connectivity index (χ1n) is 6.20. The Morgan fingerprint density at radius 3 is 2.83 bits per heavy atom. The number of hydrogen-bond donors (Lipinski definition) is 1. The molecule has 18 heavy (non-hydrogen) atoms. The van der Waals surface area contributed by atoms with Gasteiger partial charge in [0.15, 0.2) is 0 Å². The summed E-state index contributed by atoms with van der Waals surface area (Å²) < 4.78 is 0. The number of aryl methyl sites for hydroxylation is 1. The van der Waals surface area contributed by atoms with Crippen LogP contribution in [0, 0.1) is 6.92 Å². The Kier molecular flexibility index (Phi) is 3.06. The fourth-order valence-electron chi connectivity index (χ4n) is 2.48. The van der Waals surface area contributed by atoms with Gasteiger partial charge in [-0.3, -0.25) is 9.69 Å². The highest BCUT2D eigenvalue weighted by molar-refractivity contribution is 7.09. The zero-order valence-electron chi connectivity index (χ0n) is 10.4. The molecule has 1 aromatic heterocycles. The van der Waals surface area contributed by atoms with Crippen molar-refractivity contribution in [1.82, 2.24) is 9.88 Å². The van der Waals surface area contributed by atoms with E-state index in [-0.39, 0.29) is 4.87 Å². The van der Waals surface area contributed by atoms with Gasteiger partial charge < -0.3 is 4.98 Å². The standard InChI is InChI=1S/C14H16N2OS/c1-10-13(18-14(17)15-10)9-16-7-6-11-4-2-3-5-12(11)8-16/h2-5H,6-9H2,1H3,(H,15,17). The lowest BCUT2D eigenvalue weighted by Crippen LogP contribution is -2.29. The molecule has 0 spiro atoms. The van der Waals surface area contributed by atoms with Crippen LogP contribution in [-0.2, 0) is 19.5 Å². The maximum atomic E-state index is 11.3. The largest absolute Gasteiger partial charge is 0.317 e. The molecule has 0 radical (unpaired) electrons. The van der Waals surface area contributed by atoms with Crippen LogP contribution in [0.4, 0.5) is 0 Å². The number of fused-ring (bicyclic) bond motifs is 1. The summed E-state index contributed by atoms with van der Waals surface area (Å²) in [5, 5.41) is 0. The third-order valence-corrected chi connectivity index (χ3v) is 4.47. The van der Waals surface area contributed by atoms with E-state index in [4.69, 9.17) is 0 Å². The first-order valence-corrected chi connectivity index (χ1v) is 7.02. The van der Waals surface area contributed by atoms with Crippen LogP contribution in [0.1, 0.15) is 21.7 Å². The Morgan fingerprint density at radius 2 is 2.11 bits per heavy atom. The van der Waals surface area contributed by atoms with E-state index >= 15 is 0 Å². The molecule has 4 heteroatoms. The minimum Gasteiger partial charge on any atom is -0.317 e. The van der Waals surface area contributed by atoms with Crippen molar-refractivity contribution in [2.45, 2.75) is 26.4 Å². The SMILES string of the molecule is Cc1[nH]c(=O)sc1CN1CCc2ccccc2C1. The Bertz CT molecular complexity index is 614. The van der Waals surface area contributed by atoms with Crippen molar-refractivity contribution < 1.29 is 0 Å². The predicted molar refractivity (Wildman–Crippen MR) is 73.9 cm³/mol. The summed E-state index contributed by atoms with van der Waals surface area (Å²) in [6.45, 7) is 4.92. The summed E-state index contributed by atoms with van der Waals surface area (Å²) in [4.78, 5) is 17.8. The van der Waals surface area contributed by atoms with Crippen LogP contribution >= 0.6 is 11.3 Å². The number of nitrogens with zero attached hydrogens (tertiary/aromatic N) is 1. The molecule has 94 valence electrons. The molecule has 0 amide bonds. The highest BCUT2D eigenvalue weighted by Gasteiger charge is 2.17. The van der Waals surface area contributed by atoms with Gasteiger partial charge in [0.1, 0.15) is 0 Å². The van der Waals surface area contributed by atoms with Crippen molar-refractivity contribution in [1.29, 1.82) is 0 Å². The maximum absolute atomic E-state index is 11.3. The van der Waals surface area contributed by atoms with E-state index in [2.05, 4.69) is 34.1 Å². The van der Waals surface area contributed by atoms with Crippen molar-refractivity contribution in [3.63, 3.8) is 0 Å². The number of hydrogen-bond acceptors (Lipinski definition) is 3. The predicted octanol–water partition coefficient (Wildman–Crippen LogP) is 2.30. The topological polar surface area (TPSA) is 36.1 Å². The van der Waals surface area contributed by atoms with Gasteiger partial charge in [-0.15, -0.1) is 0 Å². The fourth-order valence-corrected chi connectivity index (χ4v) is 3.36. The number of rotatable bonds is 2. The lowest BCUT2D eigenvalue weighted by Gasteiger charge is -2.28. The molecular weight excluding hydrogens is 244 g/mol. The van der Waals surface area contributed by atoms with E-state index in [1.54, 1.807) is 0 Å². The molecule has 1 aliphatic heterocycles. The number of H-pyrrole nitrogens is 1. The van der Waals surface area contributed by atoms with E-state index in [0.29, 0.717) is 0 Å². The van der Waals surface area contributed by atoms with E-state index in [1.807, 2.05) is 6.92 Å². The van der Waals surface area contributed by atoms with Gasteiger partial charge in [0.25, 0.3) is 0 Å². The number of aromatic amines is 1. The van der Waals surface area contributed by atoms with Gasteiger partial charge in [0.05, 0.1) is 0 Å². The molecule has 1 aliphatic rings. The van der Waals surface area contributed by atoms with Crippen LogP contribution in [0.2, 0.25) is 0 Å². The summed E-state index contributed by atoms with van der Waals surface area (Å²) in [6.07, 6.45) is 1.11. The normalized spacial score (nSPS) is 15.6. The summed E-state index contributed by atoms with van der Waals surface area (Å²) in [7, 11) is 0. The number of aromatic nitrogens is 1. The molecule has 2 aromatic rings. The maximum Gasteiger partial charge on any atom is 0.304 e. The van der Waals surface area contributed by atoms with Gasteiger partial charge in [-0.2, -0.15) is 0 Å². The molecular formula is C14H16N2OS. The summed E-state index contributed by atoms with van der Waals surface area (Å²) in [5.74, 6) is 0. The molecule has 0 fully saturated rings. The van der Waals surface area contributed by atoms with Crippen LogP contribution < -0.4 is 4.87 Å². The second-order valence-corrected chi connectivity index (χ2v) is 5.86. The number of nitrogens with one attached hydrogen (secondary N) is 1. The van der Waals surface area contributed by atoms with Gasteiger partial charge in [-0.1, -0.05) is 35.6 Å². The van der Waals surface area contributed by atoms with Crippen LogP contribution in [-0.4, -0.2) is 16.4 Å². The Morgan fingerprint density at radius 1 is 1.33 bits per heavy atom. The monoisotopic (exact) mass is 260 g/mol. The smallest absolute Gasteiger partial charge is 0.304 e. The zero-order chi connectivity index (χ0) is 12.5. The molecule has 0 saturated heterocycles. The summed E-state index contributed by atoms with van der Waals surface area (Å²) in [6, 6.07) is 8.62. The van der Waals surface area contributed by atoms with Gasteiger partial charge in [0, 0.05) is 30.2 Å². The molecule has 0 atom stereocenters. The molecule has 3 rings (SSSR count). The van der Waals surface area contributed by atoms with Crippen LogP contribution in [0.3, 0.4) is 0 Å². The zero-order valence-corrected chi connectivity index (χ0v) is 11.2. The molecule has 0 aliphatic carbocycles. The third kappa shape index (κ3) is 2.26. The minimum atomic E-state index is 0.0555. The van der Waals surface area contributed by atoms with Gasteiger partial charge >= 0.3 is 4.87 Å². The van der Waals surface area contributed by atoms with Gasteiger partial charge in [-0.25, -0.2) is 0 Å². The molecule has 0 unspecified atom stereocenters. The molecule has 2 heterocycles. The Hall–Kier alpha value is -1.39. The molecule has 0 saturated carbocycles. The Labute approximate surface area is 110 Å².